The van der Waals surface area contributed by atoms with Gasteiger partial charge >= 0.3 is 0 Å². The lowest BCUT2D eigenvalue weighted by Gasteiger charge is -2.68. The molecule has 124 valence electrons. The first-order valence-electron chi connectivity index (χ1n) is 10.7. The van der Waals surface area contributed by atoms with Crippen LogP contribution in [0.5, 0.6) is 0 Å². The van der Waals surface area contributed by atoms with Crippen molar-refractivity contribution in [3.63, 3.8) is 0 Å². The third kappa shape index (κ3) is 1.37. The normalized spacial score (nSPS) is 55.2. The fraction of sp³-hybridized carbons (Fsp3) is 0.667. The highest BCUT2D eigenvalue weighted by Crippen LogP contribution is 2.71. The Labute approximate surface area is 145 Å². The van der Waals surface area contributed by atoms with Gasteiger partial charge in [0.15, 0.2) is 0 Å². The molecule has 0 radical (unpaired) electrons. The van der Waals surface area contributed by atoms with Crippen molar-refractivity contribution in [3.05, 3.63) is 47.5 Å². The molecule has 0 heteroatoms. The van der Waals surface area contributed by atoms with Gasteiger partial charge in [0.2, 0.25) is 0 Å². The highest BCUT2D eigenvalue weighted by atomic mass is 14.7. The molecule has 0 heterocycles. The van der Waals surface area contributed by atoms with Crippen LogP contribution in [-0.2, 0) is 0 Å². The first-order valence-corrected chi connectivity index (χ1v) is 10.7. The van der Waals surface area contributed by atoms with Crippen LogP contribution >= 0.6 is 0 Å². The van der Waals surface area contributed by atoms with Gasteiger partial charge in [-0.1, -0.05) is 36.4 Å². The Morgan fingerprint density at radius 3 is 1.46 bits per heavy atom. The van der Waals surface area contributed by atoms with E-state index in [1.54, 1.807) is 36.8 Å². The zero-order valence-corrected chi connectivity index (χ0v) is 14.5. The van der Waals surface area contributed by atoms with Gasteiger partial charge in [-0.3, -0.25) is 0 Å². The van der Waals surface area contributed by atoms with Crippen LogP contribution in [0.2, 0.25) is 0 Å². The van der Waals surface area contributed by atoms with Gasteiger partial charge < -0.3 is 0 Å². The van der Waals surface area contributed by atoms with Crippen molar-refractivity contribution in [2.75, 3.05) is 0 Å². The van der Waals surface area contributed by atoms with E-state index in [2.05, 4.69) is 36.4 Å². The topological polar surface area (TPSA) is 0 Å². The van der Waals surface area contributed by atoms with E-state index in [1.165, 1.54) is 12.8 Å². The third-order valence-corrected chi connectivity index (χ3v) is 9.64. The Hall–Kier alpha value is -1.04. The number of rotatable bonds is 0. The summed E-state index contributed by atoms with van der Waals surface area (Å²) in [4.78, 5) is 0. The average molecular weight is 316 g/mol. The number of hydrogen-bond acceptors (Lipinski definition) is 0. The van der Waals surface area contributed by atoms with E-state index in [0.717, 1.165) is 59.2 Å². The molecule has 6 bridgehead atoms. The number of allylic oxidation sites excluding steroid dienone is 2. The third-order valence-electron chi connectivity index (χ3n) is 9.64. The summed E-state index contributed by atoms with van der Waals surface area (Å²) in [6.45, 7) is 0. The van der Waals surface area contributed by atoms with Crippen molar-refractivity contribution in [2.24, 2.45) is 47.3 Å². The number of hydrogen-bond donors (Lipinski definition) is 0. The molecule has 9 aliphatic carbocycles. The van der Waals surface area contributed by atoms with Crippen LogP contribution in [0, 0.1) is 47.3 Å². The minimum atomic E-state index is 0.884. The molecule has 0 unspecified atom stereocenters. The smallest absolute Gasteiger partial charge is 0.0122 e. The largest absolute Gasteiger partial charge is 0.0845 e. The molecule has 0 aromatic heterocycles. The second-order valence-corrected chi connectivity index (χ2v) is 9.94. The fourth-order valence-electron chi connectivity index (χ4n) is 9.21. The van der Waals surface area contributed by atoms with Crippen LogP contribution in [0.1, 0.15) is 61.5 Å². The quantitative estimate of drug-likeness (QED) is 0.534. The summed E-state index contributed by atoms with van der Waals surface area (Å²) in [7, 11) is 0. The molecule has 0 aliphatic heterocycles. The summed E-state index contributed by atoms with van der Waals surface area (Å²) in [5.41, 5.74) is 3.52. The molecular formula is C24H28. The van der Waals surface area contributed by atoms with Gasteiger partial charge in [0.1, 0.15) is 0 Å². The van der Waals surface area contributed by atoms with Crippen LogP contribution < -0.4 is 0 Å². The molecule has 24 heavy (non-hydrogen) atoms. The Morgan fingerprint density at radius 1 is 0.542 bits per heavy atom. The zero-order valence-electron chi connectivity index (χ0n) is 14.5. The van der Waals surface area contributed by atoms with Gasteiger partial charge in [0.05, 0.1) is 0 Å². The Morgan fingerprint density at radius 2 is 1.00 bits per heavy atom. The summed E-state index contributed by atoms with van der Waals surface area (Å²) < 4.78 is 0. The van der Waals surface area contributed by atoms with Crippen molar-refractivity contribution in [1.29, 1.82) is 0 Å². The molecule has 0 saturated heterocycles. The van der Waals surface area contributed by atoms with Crippen molar-refractivity contribution in [3.8, 4) is 0 Å². The van der Waals surface area contributed by atoms with Crippen molar-refractivity contribution in [2.45, 2.75) is 50.4 Å². The van der Waals surface area contributed by atoms with Gasteiger partial charge in [-0.2, -0.15) is 0 Å². The van der Waals surface area contributed by atoms with Crippen LogP contribution in [0.4, 0.5) is 0 Å². The Bertz CT molecular complexity index is 660. The summed E-state index contributed by atoms with van der Waals surface area (Å²) in [5.74, 6) is 9.91. The maximum absolute atomic E-state index is 2.73. The average Bonchev–Trinajstić information content (AvgIpc) is 2.70. The summed E-state index contributed by atoms with van der Waals surface area (Å²) in [5, 5.41) is 0. The molecule has 0 nitrogen and oxygen atoms in total. The summed E-state index contributed by atoms with van der Waals surface area (Å²) in [6, 6.07) is 9.57. The zero-order chi connectivity index (χ0) is 15.4. The standard InChI is InChI=1S/C24H28/c1-2-4-16-15(3-1)17-9-10-18(16)24-20-12-11-19(23(17)24)21-13-5-7-14(8-6-13)22(20)21/h1-4,11-14,17-24H,5-10H2/t13?,14?,17-,18+,19-,20+,21+,22-,23-,24+. The summed E-state index contributed by atoms with van der Waals surface area (Å²) in [6.07, 6.45) is 14.7. The molecule has 5 fully saturated rings. The molecule has 10 rings (SSSR count). The molecule has 8 atom stereocenters. The lowest BCUT2D eigenvalue weighted by Crippen LogP contribution is -2.61. The van der Waals surface area contributed by atoms with Crippen LogP contribution in [-0.4, -0.2) is 0 Å². The second-order valence-electron chi connectivity index (χ2n) is 9.94. The molecule has 1 aromatic rings. The Kier molecular flexibility index (Phi) is 2.41. The monoisotopic (exact) mass is 316 g/mol. The van der Waals surface area contributed by atoms with E-state index in [-0.39, 0.29) is 0 Å². The highest BCUT2D eigenvalue weighted by Gasteiger charge is 2.63. The van der Waals surface area contributed by atoms with Gasteiger partial charge in [-0.25, -0.2) is 0 Å². The molecule has 5 saturated carbocycles. The first kappa shape index (κ1) is 13.2. The van der Waals surface area contributed by atoms with Crippen LogP contribution in [0.3, 0.4) is 0 Å². The van der Waals surface area contributed by atoms with Crippen molar-refractivity contribution in [1.82, 2.24) is 0 Å². The predicted molar refractivity (Wildman–Crippen MR) is 96.7 cm³/mol. The van der Waals surface area contributed by atoms with Gasteiger partial charge in [0, 0.05) is 0 Å². The van der Waals surface area contributed by atoms with E-state index >= 15 is 0 Å². The van der Waals surface area contributed by atoms with E-state index in [1.807, 2.05) is 0 Å². The minimum absolute atomic E-state index is 0.884. The highest BCUT2D eigenvalue weighted by molar-refractivity contribution is 5.43. The van der Waals surface area contributed by atoms with Crippen LogP contribution in [0.25, 0.3) is 0 Å². The lowest BCUT2D eigenvalue weighted by atomic mass is 9.37. The minimum Gasteiger partial charge on any atom is -0.0845 e. The van der Waals surface area contributed by atoms with Crippen molar-refractivity contribution >= 4 is 0 Å². The van der Waals surface area contributed by atoms with Gasteiger partial charge in [0.25, 0.3) is 0 Å². The maximum Gasteiger partial charge on any atom is -0.0122 e. The molecule has 1 aromatic carbocycles. The van der Waals surface area contributed by atoms with E-state index in [4.69, 9.17) is 0 Å². The summed E-state index contributed by atoms with van der Waals surface area (Å²) >= 11 is 0. The van der Waals surface area contributed by atoms with E-state index < -0.39 is 0 Å². The van der Waals surface area contributed by atoms with E-state index in [0.29, 0.717) is 0 Å². The predicted octanol–water partition coefficient (Wildman–Crippen LogP) is 5.76. The maximum atomic E-state index is 2.73. The molecule has 0 spiro atoms. The number of benzene rings is 1. The first-order chi connectivity index (χ1) is 11.9. The van der Waals surface area contributed by atoms with Gasteiger partial charge in [-0.05, 0) is 109 Å². The molecule has 0 N–H and O–H groups in total. The second kappa shape index (κ2) is 4.37. The molecule has 9 aliphatic rings. The van der Waals surface area contributed by atoms with E-state index in [9.17, 15) is 0 Å². The Balaban J connectivity index is 1.41. The SMILES string of the molecule is C1=C[C@H]2[C@H]3C4CCC(CC4)[C@H]3[C@@H]1[C@@H]1[C@H]2[C@H]2CC[C@@H]1c1ccccc12. The molecular weight excluding hydrogens is 288 g/mol. The van der Waals surface area contributed by atoms with Gasteiger partial charge in [-0.15, -0.1) is 0 Å². The van der Waals surface area contributed by atoms with Crippen molar-refractivity contribution < 1.29 is 0 Å². The molecule has 0 amide bonds. The lowest BCUT2D eigenvalue weighted by molar-refractivity contribution is -0.132. The fourth-order valence-corrected chi connectivity index (χ4v) is 9.21. The number of fused-ring (bicyclic) bond motifs is 3. The van der Waals surface area contributed by atoms with Crippen LogP contribution in [0.15, 0.2) is 36.4 Å².